The molecule has 0 saturated heterocycles. The number of amides is 1. The number of hydrogen-bond donors (Lipinski definition) is 1. The number of halogens is 1. The summed E-state index contributed by atoms with van der Waals surface area (Å²) >= 11 is 6.03. The maximum atomic E-state index is 12.2. The standard InChI is InChI=1S/C21H22ClNO4/c1-4-26-17-11-8-16(9-12-17)10-13-20(24)27-15(3)21(25)23-19-7-5-6-18(22)14(19)2/h5-13,15H,4H2,1-3H3,(H,23,25)/b13-10+/t15-/m1/s1. The monoisotopic (exact) mass is 387 g/mol. The number of carbonyl (C=O) groups is 2. The van der Waals surface area contributed by atoms with E-state index in [1.165, 1.54) is 13.0 Å². The minimum atomic E-state index is -0.944. The van der Waals surface area contributed by atoms with Gasteiger partial charge in [-0.25, -0.2) is 4.79 Å². The van der Waals surface area contributed by atoms with Crippen LogP contribution in [0.2, 0.25) is 5.02 Å². The van der Waals surface area contributed by atoms with Gasteiger partial charge in [-0.05, 0) is 62.2 Å². The highest BCUT2D eigenvalue weighted by atomic mass is 35.5. The van der Waals surface area contributed by atoms with E-state index in [0.29, 0.717) is 17.3 Å². The molecule has 1 amide bonds. The second kappa shape index (κ2) is 9.78. The average molecular weight is 388 g/mol. The van der Waals surface area contributed by atoms with Crippen LogP contribution in [0.4, 0.5) is 5.69 Å². The van der Waals surface area contributed by atoms with E-state index in [1.54, 1.807) is 31.2 Å². The highest BCUT2D eigenvalue weighted by Crippen LogP contribution is 2.23. The predicted molar refractivity (Wildman–Crippen MR) is 107 cm³/mol. The van der Waals surface area contributed by atoms with Crippen LogP contribution in [-0.2, 0) is 14.3 Å². The number of hydrogen-bond acceptors (Lipinski definition) is 4. The van der Waals surface area contributed by atoms with Crippen molar-refractivity contribution in [2.75, 3.05) is 11.9 Å². The van der Waals surface area contributed by atoms with Crippen molar-refractivity contribution in [3.63, 3.8) is 0 Å². The summed E-state index contributed by atoms with van der Waals surface area (Å²) in [5, 5.41) is 3.26. The maximum Gasteiger partial charge on any atom is 0.331 e. The van der Waals surface area contributed by atoms with E-state index in [-0.39, 0.29) is 0 Å². The highest BCUT2D eigenvalue weighted by molar-refractivity contribution is 6.31. The molecule has 2 aromatic carbocycles. The van der Waals surface area contributed by atoms with Gasteiger partial charge in [-0.2, -0.15) is 0 Å². The topological polar surface area (TPSA) is 64.6 Å². The molecule has 0 unspecified atom stereocenters. The summed E-state index contributed by atoms with van der Waals surface area (Å²) in [4.78, 5) is 24.2. The van der Waals surface area contributed by atoms with Crippen LogP contribution in [0.25, 0.3) is 6.08 Å². The zero-order valence-electron chi connectivity index (χ0n) is 15.5. The molecule has 0 aliphatic heterocycles. The molecule has 2 rings (SSSR count). The quantitative estimate of drug-likeness (QED) is 0.555. The fourth-order valence-electron chi connectivity index (χ4n) is 2.25. The third kappa shape index (κ3) is 6.15. The Bertz CT molecular complexity index is 831. The van der Waals surface area contributed by atoms with Gasteiger partial charge in [-0.15, -0.1) is 0 Å². The fourth-order valence-corrected chi connectivity index (χ4v) is 2.42. The summed E-state index contributed by atoms with van der Waals surface area (Å²) in [7, 11) is 0. The first-order valence-corrected chi connectivity index (χ1v) is 8.96. The van der Waals surface area contributed by atoms with Gasteiger partial charge in [-0.1, -0.05) is 29.8 Å². The lowest BCUT2D eigenvalue weighted by molar-refractivity contribution is -0.148. The number of benzene rings is 2. The van der Waals surface area contributed by atoms with Gasteiger partial charge in [-0.3, -0.25) is 4.79 Å². The van der Waals surface area contributed by atoms with E-state index in [0.717, 1.165) is 16.9 Å². The molecule has 142 valence electrons. The molecule has 1 N–H and O–H groups in total. The number of nitrogens with one attached hydrogen (secondary N) is 1. The Morgan fingerprint density at radius 3 is 2.56 bits per heavy atom. The van der Waals surface area contributed by atoms with Gasteiger partial charge < -0.3 is 14.8 Å². The Morgan fingerprint density at radius 2 is 1.89 bits per heavy atom. The Hall–Kier alpha value is -2.79. The molecule has 0 aliphatic rings. The Morgan fingerprint density at radius 1 is 1.19 bits per heavy atom. The first kappa shape index (κ1) is 20.5. The first-order chi connectivity index (χ1) is 12.9. The summed E-state index contributed by atoms with van der Waals surface area (Å²) in [6.07, 6.45) is 1.95. The minimum absolute atomic E-state index is 0.428. The predicted octanol–water partition coefficient (Wildman–Crippen LogP) is 4.63. The summed E-state index contributed by atoms with van der Waals surface area (Å²) in [5.41, 5.74) is 2.16. The van der Waals surface area contributed by atoms with Crippen LogP contribution in [0.15, 0.2) is 48.5 Å². The molecule has 0 heterocycles. The van der Waals surface area contributed by atoms with Crippen LogP contribution in [0.3, 0.4) is 0 Å². The largest absolute Gasteiger partial charge is 0.494 e. The molecule has 6 heteroatoms. The molecule has 0 aliphatic carbocycles. The molecule has 27 heavy (non-hydrogen) atoms. The Labute approximate surface area is 163 Å². The van der Waals surface area contributed by atoms with Gasteiger partial charge in [0.25, 0.3) is 5.91 Å². The molecular formula is C21H22ClNO4. The van der Waals surface area contributed by atoms with Crippen LogP contribution >= 0.6 is 11.6 Å². The van der Waals surface area contributed by atoms with Gasteiger partial charge >= 0.3 is 5.97 Å². The second-order valence-corrected chi connectivity index (χ2v) is 6.22. The number of esters is 1. The van der Waals surface area contributed by atoms with E-state index in [2.05, 4.69) is 5.32 Å². The van der Waals surface area contributed by atoms with Crippen molar-refractivity contribution in [3.05, 3.63) is 64.7 Å². The van der Waals surface area contributed by atoms with Gasteiger partial charge in [0.2, 0.25) is 0 Å². The van der Waals surface area contributed by atoms with Crippen molar-refractivity contribution in [2.24, 2.45) is 0 Å². The molecular weight excluding hydrogens is 366 g/mol. The lowest BCUT2D eigenvalue weighted by Gasteiger charge is -2.14. The van der Waals surface area contributed by atoms with Gasteiger partial charge in [0.1, 0.15) is 5.75 Å². The highest BCUT2D eigenvalue weighted by Gasteiger charge is 2.17. The summed E-state index contributed by atoms with van der Waals surface area (Å²) < 4.78 is 10.5. The van der Waals surface area contributed by atoms with Crippen molar-refractivity contribution < 1.29 is 19.1 Å². The van der Waals surface area contributed by atoms with Crippen molar-refractivity contribution in [1.82, 2.24) is 0 Å². The van der Waals surface area contributed by atoms with E-state index >= 15 is 0 Å². The summed E-state index contributed by atoms with van der Waals surface area (Å²) in [5.74, 6) is -0.267. The molecule has 5 nitrogen and oxygen atoms in total. The molecule has 0 aromatic heterocycles. The summed E-state index contributed by atoms with van der Waals surface area (Å²) in [6.45, 7) is 5.82. The van der Waals surface area contributed by atoms with Gasteiger partial charge in [0.05, 0.1) is 6.61 Å². The van der Waals surface area contributed by atoms with Crippen molar-refractivity contribution in [2.45, 2.75) is 26.9 Å². The molecule has 0 saturated carbocycles. The lowest BCUT2D eigenvalue weighted by Crippen LogP contribution is -2.29. The van der Waals surface area contributed by atoms with Crippen LogP contribution < -0.4 is 10.1 Å². The Kier molecular flexibility index (Phi) is 7.44. The van der Waals surface area contributed by atoms with Crippen LogP contribution in [-0.4, -0.2) is 24.6 Å². The Balaban J connectivity index is 1.90. The number of carbonyl (C=O) groups excluding carboxylic acids is 2. The SMILES string of the molecule is CCOc1ccc(/C=C/C(=O)O[C@H](C)C(=O)Nc2cccc(Cl)c2C)cc1. The summed E-state index contributed by atoms with van der Waals surface area (Å²) in [6, 6.07) is 12.5. The molecule has 1 atom stereocenters. The number of ether oxygens (including phenoxy) is 2. The van der Waals surface area contributed by atoms with Crippen LogP contribution in [0.1, 0.15) is 25.0 Å². The lowest BCUT2D eigenvalue weighted by atomic mass is 10.2. The zero-order valence-corrected chi connectivity index (χ0v) is 16.2. The number of anilines is 1. The molecule has 0 fully saturated rings. The smallest absolute Gasteiger partial charge is 0.331 e. The third-order valence-electron chi connectivity index (χ3n) is 3.79. The van der Waals surface area contributed by atoms with Crippen molar-refractivity contribution in [3.8, 4) is 5.75 Å². The van der Waals surface area contributed by atoms with E-state index in [1.807, 2.05) is 31.2 Å². The third-order valence-corrected chi connectivity index (χ3v) is 4.20. The normalized spacial score (nSPS) is 11.9. The van der Waals surface area contributed by atoms with E-state index in [9.17, 15) is 9.59 Å². The molecule has 0 radical (unpaired) electrons. The second-order valence-electron chi connectivity index (χ2n) is 5.82. The van der Waals surface area contributed by atoms with E-state index in [4.69, 9.17) is 21.1 Å². The molecule has 0 bridgehead atoms. The average Bonchev–Trinajstić information content (AvgIpc) is 2.65. The van der Waals surface area contributed by atoms with Crippen molar-refractivity contribution in [1.29, 1.82) is 0 Å². The first-order valence-electron chi connectivity index (χ1n) is 8.58. The fraction of sp³-hybridized carbons (Fsp3) is 0.238. The number of rotatable bonds is 7. The molecule has 2 aromatic rings. The van der Waals surface area contributed by atoms with Gasteiger partial charge in [0.15, 0.2) is 6.10 Å². The van der Waals surface area contributed by atoms with E-state index < -0.39 is 18.0 Å². The minimum Gasteiger partial charge on any atom is -0.494 e. The molecule has 0 spiro atoms. The van der Waals surface area contributed by atoms with Crippen LogP contribution in [0.5, 0.6) is 5.75 Å². The van der Waals surface area contributed by atoms with Crippen molar-refractivity contribution >= 4 is 35.2 Å². The van der Waals surface area contributed by atoms with Crippen LogP contribution in [0, 0.1) is 6.92 Å². The zero-order chi connectivity index (χ0) is 19.8. The van der Waals surface area contributed by atoms with Gasteiger partial charge in [0, 0.05) is 16.8 Å². The maximum absolute atomic E-state index is 12.2.